The Morgan fingerprint density at radius 1 is 0.926 bits per heavy atom. The molecule has 2 aromatic carbocycles. The maximum Gasteiger partial charge on any atom is 0.418 e. The molecule has 0 saturated carbocycles. The first-order chi connectivity index (χ1) is 12.8. The van der Waals surface area contributed by atoms with Crippen molar-refractivity contribution < 1.29 is 22.8 Å². The van der Waals surface area contributed by atoms with Crippen LogP contribution in [0.2, 0.25) is 0 Å². The number of para-hydroxylation sites is 1. The summed E-state index contributed by atoms with van der Waals surface area (Å²) >= 11 is 0. The average Bonchev–Trinajstić information content (AvgIpc) is 2.64. The van der Waals surface area contributed by atoms with Gasteiger partial charge >= 0.3 is 6.18 Å². The number of alkyl halides is 3. The summed E-state index contributed by atoms with van der Waals surface area (Å²) in [5, 5.41) is 5.03. The number of unbranched alkanes of at least 4 members (excludes halogenated alkanes) is 2. The van der Waals surface area contributed by atoms with Gasteiger partial charge in [-0.3, -0.25) is 9.59 Å². The van der Waals surface area contributed by atoms with Crippen LogP contribution in [0.4, 0.5) is 18.9 Å². The molecule has 0 heterocycles. The summed E-state index contributed by atoms with van der Waals surface area (Å²) in [6, 6.07) is 10.6. The highest BCUT2D eigenvalue weighted by atomic mass is 19.4. The molecular weight excluding hydrogens is 357 g/mol. The Hall–Kier alpha value is -2.83. The molecule has 27 heavy (non-hydrogen) atoms. The number of halogens is 3. The van der Waals surface area contributed by atoms with E-state index in [4.69, 9.17) is 0 Å². The Morgan fingerprint density at radius 2 is 1.59 bits per heavy atom. The van der Waals surface area contributed by atoms with Gasteiger partial charge in [0.1, 0.15) is 0 Å². The first-order valence-corrected chi connectivity index (χ1v) is 8.68. The Labute approximate surface area is 155 Å². The molecule has 0 fully saturated rings. The Morgan fingerprint density at radius 3 is 2.26 bits per heavy atom. The summed E-state index contributed by atoms with van der Waals surface area (Å²) < 4.78 is 39.1. The van der Waals surface area contributed by atoms with Crippen LogP contribution in [-0.4, -0.2) is 18.4 Å². The lowest BCUT2D eigenvalue weighted by atomic mass is 10.1. The summed E-state index contributed by atoms with van der Waals surface area (Å²) in [5.41, 5.74) is -0.871. The fourth-order valence-electron chi connectivity index (χ4n) is 2.51. The monoisotopic (exact) mass is 378 g/mol. The van der Waals surface area contributed by atoms with Gasteiger partial charge in [0.25, 0.3) is 11.8 Å². The zero-order valence-corrected chi connectivity index (χ0v) is 14.9. The molecule has 0 aliphatic rings. The van der Waals surface area contributed by atoms with E-state index in [2.05, 4.69) is 17.6 Å². The van der Waals surface area contributed by atoms with Crippen LogP contribution in [0, 0.1) is 0 Å². The summed E-state index contributed by atoms with van der Waals surface area (Å²) in [6.07, 6.45) is -1.69. The Kier molecular flexibility index (Phi) is 6.98. The minimum absolute atomic E-state index is 0.105. The van der Waals surface area contributed by atoms with Gasteiger partial charge in [0, 0.05) is 17.7 Å². The van der Waals surface area contributed by atoms with Gasteiger partial charge in [-0.25, -0.2) is 0 Å². The van der Waals surface area contributed by atoms with Gasteiger partial charge in [-0.1, -0.05) is 38.0 Å². The molecule has 2 amide bonds. The normalized spacial score (nSPS) is 11.1. The highest BCUT2D eigenvalue weighted by molar-refractivity contribution is 6.06. The van der Waals surface area contributed by atoms with Gasteiger partial charge in [0.05, 0.1) is 11.3 Å². The minimum Gasteiger partial charge on any atom is -0.352 e. The van der Waals surface area contributed by atoms with Crippen molar-refractivity contribution in [2.24, 2.45) is 0 Å². The molecule has 0 radical (unpaired) electrons. The highest BCUT2D eigenvalue weighted by Crippen LogP contribution is 2.34. The van der Waals surface area contributed by atoms with Crippen LogP contribution in [0.1, 0.15) is 52.5 Å². The van der Waals surface area contributed by atoms with Crippen molar-refractivity contribution in [1.82, 2.24) is 5.32 Å². The van der Waals surface area contributed by atoms with Gasteiger partial charge in [-0.15, -0.1) is 0 Å². The number of nitrogens with one attached hydrogen (secondary N) is 2. The number of carbonyl (C=O) groups is 2. The molecule has 0 atom stereocenters. The lowest BCUT2D eigenvalue weighted by Gasteiger charge is -2.13. The smallest absolute Gasteiger partial charge is 0.352 e. The van der Waals surface area contributed by atoms with Crippen molar-refractivity contribution in [2.45, 2.75) is 32.4 Å². The van der Waals surface area contributed by atoms with Crippen LogP contribution in [0.25, 0.3) is 0 Å². The van der Waals surface area contributed by atoms with Crippen LogP contribution >= 0.6 is 0 Å². The van der Waals surface area contributed by atoms with E-state index in [-0.39, 0.29) is 22.7 Å². The lowest BCUT2D eigenvalue weighted by molar-refractivity contribution is -0.136. The van der Waals surface area contributed by atoms with Gasteiger partial charge in [0.2, 0.25) is 0 Å². The topological polar surface area (TPSA) is 58.2 Å². The fourth-order valence-corrected chi connectivity index (χ4v) is 2.51. The van der Waals surface area contributed by atoms with E-state index in [1.54, 1.807) is 6.07 Å². The van der Waals surface area contributed by atoms with E-state index in [1.807, 2.05) is 0 Å². The molecule has 2 rings (SSSR count). The Bertz CT molecular complexity index is 804. The van der Waals surface area contributed by atoms with Crippen molar-refractivity contribution in [3.8, 4) is 0 Å². The predicted octanol–water partition coefficient (Wildman–Crippen LogP) is 4.88. The molecule has 4 nitrogen and oxygen atoms in total. The van der Waals surface area contributed by atoms with Crippen LogP contribution in [0.3, 0.4) is 0 Å². The van der Waals surface area contributed by atoms with Crippen molar-refractivity contribution in [1.29, 1.82) is 0 Å². The van der Waals surface area contributed by atoms with E-state index >= 15 is 0 Å². The largest absolute Gasteiger partial charge is 0.418 e. The summed E-state index contributed by atoms with van der Waals surface area (Å²) in [7, 11) is 0. The molecule has 0 aliphatic heterocycles. The molecule has 0 aliphatic carbocycles. The minimum atomic E-state index is -4.58. The van der Waals surface area contributed by atoms with Crippen LogP contribution < -0.4 is 10.6 Å². The standard InChI is InChI=1S/C20H21F3N2O2/c1-2-3-6-12-24-18(26)14-8-7-9-15(13-14)19(27)25-17-11-5-4-10-16(17)20(21,22)23/h4-5,7-11,13H,2-3,6,12H2,1H3,(H,24,26)(H,25,27). The summed E-state index contributed by atoms with van der Waals surface area (Å²) in [5.74, 6) is -1.04. The fraction of sp³-hybridized carbons (Fsp3) is 0.300. The first kappa shape index (κ1) is 20.5. The quantitative estimate of drug-likeness (QED) is 0.675. The number of hydrogen-bond acceptors (Lipinski definition) is 2. The zero-order chi connectivity index (χ0) is 19.9. The van der Waals surface area contributed by atoms with Gasteiger partial charge < -0.3 is 10.6 Å². The maximum absolute atomic E-state index is 13.0. The second kappa shape index (κ2) is 9.21. The van der Waals surface area contributed by atoms with Gasteiger partial charge in [-0.2, -0.15) is 13.2 Å². The third kappa shape index (κ3) is 5.84. The molecule has 0 bridgehead atoms. The number of amides is 2. The zero-order valence-electron chi connectivity index (χ0n) is 14.9. The van der Waals surface area contributed by atoms with Crippen LogP contribution in [0.5, 0.6) is 0 Å². The third-order valence-corrected chi connectivity index (χ3v) is 3.93. The van der Waals surface area contributed by atoms with Crippen molar-refractivity contribution in [2.75, 3.05) is 11.9 Å². The third-order valence-electron chi connectivity index (χ3n) is 3.93. The second-order valence-corrected chi connectivity index (χ2v) is 6.04. The lowest BCUT2D eigenvalue weighted by Crippen LogP contribution is -2.25. The summed E-state index contributed by atoms with van der Waals surface area (Å²) in [6.45, 7) is 2.59. The molecule has 144 valence electrons. The number of benzene rings is 2. The van der Waals surface area contributed by atoms with Crippen LogP contribution in [-0.2, 0) is 6.18 Å². The second-order valence-electron chi connectivity index (χ2n) is 6.04. The first-order valence-electron chi connectivity index (χ1n) is 8.68. The number of anilines is 1. The molecule has 2 N–H and O–H groups in total. The molecule has 0 spiro atoms. The SMILES string of the molecule is CCCCCNC(=O)c1cccc(C(=O)Nc2ccccc2C(F)(F)F)c1. The van der Waals surface area contributed by atoms with Gasteiger partial charge in [-0.05, 0) is 36.8 Å². The summed E-state index contributed by atoms with van der Waals surface area (Å²) in [4.78, 5) is 24.5. The molecular formula is C20H21F3N2O2. The molecule has 7 heteroatoms. The van der Waals surface area contributed by atoms with Crippen LogP contribution in [0.15, 0.2) is 48.5 Å². The average molecular weight is 378 g/mol. The molecule has 0 saturated heterocycles. The molecule has 0 unspecified atom stereocenters. The van der Waals surface area contributed by atoms with E-state index in [0.29, 0.717) is 6.54 Å². The van der Waals surface area contributed by atoms with Crippen molar-refractivity contribution >= 4 is 17.5 Å². The maximum atomic E-state index is 13.0. The van der Waals surface area contributed by atoms with Gasteiger partial charge in [0.15, 0.2) is 0 Å². The van der Waals surface area contributed by atoms with E-state index in [0.717, 1.165) is 25.3 Å². The molecule has 2 aromatic rings. The Balaban J connectivity index is 2.11. The van der Waals surface area contributed by atoms with Crippen molar-refractivity contribution in [3.63, 3.8) is 0 Å². The number of carbonyl (C=O) groups excluding carboxylic acids is 2. The van der Waals surface area contributed by atoms with E-state index in [9.17, 15) is 22.8 Å². The van der Waals surface area contributed by atoms with E-state index in [1.165, 1.54) is 36.4 Å². The highest BCUT2D eigenvalue weighted by Gasteiger charge is 2.33. The van der Waals surface area contributed by atoms with Crippen molar-refractivity contribution in [3.05, 3.63) is 65.2 Å². The predicted molar refractivity (Wildman–Crippen MR) is 97.7 cm³/mol. The number of rotatable bonds is 7. The van der Waals surface area contributed by atoms with E-state index < -0.39 is 17.6 Å². The molecule has 0 aromatic heterocycles. The number of hydrogen-bond donors (Lipinski definition) is 2.